The molecule has 0 aliphatic heterocycles. The van der Waals surface area contributed by atoms with E-state index < -0.39 is 0 Å². The molecule has 0 radical (unpaired) electrons. The Morgan fingerprint density at radius 3 is 2.80 bits per heavy atom. The highest BCUT2D eigenvalue weighted by molar-refractivity contribution is 5.80. The zero-order chi connectivity index (χ0) is 14.2. The zero-order valence-electron chi connectivity index (χ0n) is 12.3. The summed E-state index contributed by atoms with van der Waals surface area (Å²) < 4.78 is 5.79. The van der Waals surface area contributed by atoms with Gasteiger partial charge in [-0.1, -0.05) is 25.1 Å². The minimum Gasteiger partial charge on any atom is -0.461 e. The van der Waals surface area contributed by atoms with E-state index in [4.69, 9.17) is 4.42 Å². The normalized spacial score (nSPS) is 11.8. The number of guanidine groups is 1. The molecule has 2 rings (SSSR count). The Bertz CT molecular complexity index is 527. The molecule has 0 aliphatic rings. The van der Waals surface area contributed by atoms with Crippen LogP contribution >= 0.6 is 0 Å². The number of nitrogens with one attached hydrogen (secondary N) is 2. The van der Waals surface area contributed by atoms with Gasteiger partial charge in [-0.15, -0.1) is 0 Å². The van der Waals surface area contributed by atoms with Crippen LogP contribution in [0.1, 0.15) is 26.0 Å². The highest BCUT2D eigenvalue weighted by Gasteiger charge is 2.03. The predicted octanol–water partition coefficient (Wildman–Crippen LogP) is 2.94. The lowest BCUT2D eigenvalue weighted by Gasteiger charge is -2.10. The molecule has 1 heterocycles. The Morgan fingerprint density at radius 1 is 1.20 bits per heavy atom. The summed E-state index contributed by atoms with van der Waals surface area (Å²) in [5.74, 6) is 1.88. The number of rotatable bonds is 6. The van der Waals surface area contributed by atoms with Crippen molar-refractivity contribution in [1.82, 2.24) is 10.6 Å². The van der Waals surface area contributed by atoms with Crippen LogP contribution in [0.2, 0.25) is 0 Å². The highest BCUT2D eigenvalue weighted by Crippen LogP contribution is 2.18. The number of fused-ring (bicyclic) bond motifs is 1. The topological polar surface area (TPSA) is 49.6 Å². The molecule has 20 heavy (non-hydrogen) atoms. The molecule has 1 aromatic heterocycles. The number of para-hydroxylation sites is 1. The van der Waals surface area contributed by atoms with E-state index in [2.05, 4.69) is 41.6 Å². The van der Waals surface area contributed by atoms with Crippen LogP contribution in [0.25, 0.3) is 11.0 Å². The summed E-state index contributed by atoms with van der Waals surface area (Å²) in [4.78, 5) is 4.47. The summed E-state index contributed by atoms with van der Waals surface area (Å²) in [6, 6.07) is 10.2. The standard InChI is InChI=1S/C16H23N3O/c1-3-10-18-16(17-4-2)19-11-9-14-12-13-7-5-6-8-15(13)20-14/h5-8,12H,3-4,9-11H2,1-2H3,(H2,17,18,19). The van der Waals surface area contributed by atoms with Crippen molar-refractivity contribution < 1.29 is 4.42 Å². The molecule has 108 valence electrons. The van der Waals surface area contributed by atoms with Gasteiger partial charge in [-0.2, -0.15) is 0 Å². The number of aliphatic imine (C=N–C) groups is 1. The largest absolute Gasteiger partial charge is 0.461 e. The Balaban J connectivity index is 1.87. The van der Waals surface area contributed by atoms with Crippen LogP contribution in [-0.2, 0) is 6.42 Å². The second-order valence-corrected chi connectivity index (χ2v) is 4.69. The van der Waals surface area contributed by atoms with Crippen molar-refractivity contribution in [3.63, 3.8) is 0 Å². The van der Waals surface area contributed by atoms with Gasteiger partial charge in [-0.25, -0.2) is 0 Å². The van der Waals surface area contributed by atoms with Crippen molar-refractivity contribution in [3.8, 4) is 0 Å². The van der Waals surface area contributed by atoms with Gasteiger partial charge in [-0.3, -0.25) is 4.99 Å². The first-order valence-corrected chi connectivity index (χ1v) is 7.33. The number of nitrogens with zero attached hydrogens (tertiary/aromatic N) is 1. The van der Waals surface area contributed by atoms with Gasteiger partial charge < -0.3 is 15.1 Å². The summed E-state index contributed by atoms with van der Waals surface area (Å²) in [6.45, 7) is 6.74. The van der Waals surface area contributed by atoms with Crippen LogP contribution in [0.5, 0.6) is 0 Å². The van der Waals surface area contributed by atoms with E-state index in [-0.39, 0.29) is 0 Å². The van der Waals surface area contributed by atoms with Crippen LogP contribution < -0.4 is 10.6 Å². The summed E-state index contributed by atoms with van der Waals surface area (Å²) in [5, 5.41) is 7.73. The van der Waals surface area contributed by atoms with Gasteiger partial charge >= 0.3 is 0 Å². The van der Waals surface area contributed by atoms with Gasteiger partial charge in [0.15, 0.2) is 5.96 Å². The van der Waals surface area contributed by atoms with Crippen LogP contribution in [-0.4, -0.2) is 25.6 Å². The number of furan rings is 1. The third-order valence-electron chi connectivity index (χ3n) is 2.98. The molecule has 0 atom stereocenters. The predicted molar refractivity (Wildman–Crippen MR) is 84.2 cm³/mol. The minimum absolute atomic E-state index is 0.815. The fourth-order valence-electron chi connectivity index (χ4n) is 2.03. The maximum atomic E-state index is 5.79. The van der Waals surface area contributed by atoms with E-state index >= 15 is 0 Å². The smallest absolute Gasteiger partial charge is 0.191 e. The van der Waals surface area contributed by atoms with E-state index in [1.807, 2.05) is 18.2 Å². The van der Waals surface area contributed by atoms with Crippen LogP contribution in [0.3, 0.4) is 0 Å². The molecule has 4 nitrogen and oxygen atoms in total. The van der Waals surface area contributed by atoms with E-state index in [1.165, 1.54) is 0 Å². The Labute approximate surface area is 120 Å². The van der Waals surface area contributed by atoms with Gasteiger partial charge in [0.1, 0.15) is 11.3 Å². The SMILES string of the molecule is CCCN=C(NCC)NCCc1cc2ccccc2o1. The summed E-state index contributed by atoms with van der Waals surface area (Å²) in [5.41, 5.74) is 0.953. The molecule has 4 heteroatoms. The Hall–Kier alpha value is -1.97. The van der Waals surface area contributed by atoms with Gasteiger partial charge in [0.25, 0.3) is 0 Å². The van der Waals surface area contributed by atoms with Crippen LogP contribution in [0, 0.1) is 0 Å². The molecule has 2 aromatic rings. The highest BCUT2D eigenvalue weighted by atomic mass is 16.3. The Morgan fingerprint density at radius 2 is 2.05 bits per heavy atom. The quantitative estimate of drug-likeness (QED) is 0.628. The van der Waals surface area contributed by atoms with Gasteiger partial charge in [0.05, 0.1) is 0 Å². The monoisotopic (exact) mass is 273 g/mol. The fourth-order valence-corrected chi connectivity index (χ4v) is 2.03. The van der Waals surface area contributed by atoms with Crippen molar-refractivity contribution in [2.24, 2.45) is 4.99 Å². The molecule has 2 N–H and O–H groups in total. The first kappa shape index (κ1) is 14.4. The molecule has 0 fully saturated rings. The number of hydrogen-bond acceptors (Lipinski definition) is 2. The maximum absolute atomic E-state index is 5.79. The van der Waals surface area contributed by atoms with Crippen LogP contribution in [0.15, 0.2) is 39.7 Å². The maximum Gasteiger partial charge on any atom is 0.191 e. The lowest BCUT2D eigenvalue weighted by atomic mass is 10.2. The van der Waals surface area contributed by atoms with E-state index in [0.717, 1.165) is 55.2 Å². The van der Waals surface area contributed by atoms with Crippen molar-refractivity contribution in [3.05, 3.63) is 36.1 Å². The van der Waals surface area contributed by atoms with Crippen molar-refractivity contribution in [2.75, 3.05) is 19.6 Å². The summed E-state index contributed by atoms with van der Waals surface area (Å²) in [6.07, 6.45) is 1.91. The molecule has 0 spiro atoms. The number of benzene rings is 1. The molecule has 0 unspecified atom stereocenters. The molecule has 0 saturated carbocycles. The van der Waals surface area contributed by atoms with Crippen molar-refractivity contribution >= 4 is 16.9 Å². The third-order valence-corrected chi connectivity index (χ3v) is 2.98. The van der Waals surface area contributed by atoms with Gasteiger partial charge in [0.2, 0.25) is 0 Å². The second-order valence-electron chi connectivity index (χ2n) is 4.69. The number of hydrogen-bond donors (Lipinski definition) is 2. The lowest BCUT2D eigenvalue weighted by Crippen LogP contribution is -2.38. The Kier molecular flexibility index (Phi) is 5.47. The first-order valence-electron chi connectivity index (χ1n) is 7.33. The average molecular weight is 273 g/mol. The van der Waals surface area contributed by atoms with Crippen LogP contribution in [0.4, 0.5) is 0 Å². The molecule has 1 aromatic carbocycles. The molecule has 0 amide bonds. The third kappa shape index (κ3) is 4.02. The molecule has 0 aliphatic carbocycles. The first-order chi connectivity index (χ1) is 9.83. The van der Waals surface area contributed by atoms with Gasteiger partial charge in [0, 0.05) is 31.4 Å². The summed E-state index contributed by atoms with van der Waals surface area (Å²) in [7, 11) is 0. The fraction of sp³-hybridized carbons (Fsp3) is 0.438. The van der Waals surface area contributed by atoms with Crippen molar-refractivity contribution in [2.45, 2.75) is 26.7 Å². The molecule has 0 bridgehead atoms. The van der Waals surface area contributed by atoms with Crippen molar-refractivity contribution in [1.29, 1.82) is 0 Å². The van der Waals surface area contributed by atoms with E-state index in [1.54, 1.807) is 0 Å². The van der Waals surface area contributed by atoms with E-state index in [0.29, 0.717) is 0 Å². The van der Waals surface area contributed by atoms with E-state index in [9.17, 15) is 0 Å². The van der Waals surface area contributed by atoms with Gasteiger partial charge in [-0.05, 0) is 25.5 Å². The molecular formula is C16H23N3O. The zero-order valence-corrected chi connectivity index (χ0v) is 12.3. The minimum atomic E-state index is 0.815. The molecule has 0 saturated heterocycles. The second kappa shape index (κ2) is 7.58. The lowest BCUT2D eigenvalue weighted by molar-refractivity contribution is 0.544. The summed E-state index contributed by atoms with van der Waals surface area (Å²) >= 11 is 0. The molecular weight excluding hydrogens is 250 g/mol. The average Bonchev–Trinajstić information content (AvgIpc) is 2.87.